The van der Waals surface area contributed by atoms with Gasteiger partial charge in [-0.1, -0.05) is 0 Å². The summed E-state index contributed by atoms with van der Waals surface area (Å²) in [7, 11) is -10.7. The van der Waals surface area contributed by atoms with Gasteiger partial charge in [0.2, 0.25) is 0 Å². The Morgan fingerprint density at radius 2 is 1.03 bits per heavy atom. The van der Waals surface area contributed by atoms with Gasteiger partial charge in [0.05, 0.1) is 0 Å². The third-order valence-corrected chi connectivity index (χ3v) is 9.51. The molecule has 0 N–H and O–H groups in total. The summed E-state index contributed by atoms with van der Waals surface area (Å²) < 4.78 is 126. The summed E-state index contributed by atoms with van der Waals surface area (Å²) in [5.74, 6) is -5.08. The molecule has 0 radical (unpaired) electrons. The van der Waals surface area contributed by atoms with Crippen molar-refractivity contribution in [2.24, 2.45) is 0 Å². The van der Waals surface area contributed by atoms with E-state index in [9.17, 15) is 39.2 Å². The van der Waals surface area contributed by atoms with Crippen LogP contribution in [0.5, 0.6) is 0 Å². The lowest BCUT2D eigenvalue weighted by Gasteiger charge is -2.39. The van der Waals surface area contributed by atoms with Crippen LogP contribution in [-0.2, 0) is 13.7 Å². The Kier molecular flexibility index (Phi) is 6.85. The molecule has 3 nitrogen and oxygen atoms in total. The molecule has 3 rings (SSSR count). The van der Waals surface area contributed by atoms with Crippen molar-refractivity contribution in [1.82, 2.24) is 0 Å². The zero-order valence-electron chi connectivity index (χ0n) is 15.3. The summed E-state index contributed by atoms with van der Waals surface area (Å²) in [4.78, 5) is -1.70. The second-order valence-corrected chi connectivity index (χ2v) is 11.9. The van der Waals surface area contributed by atoms with E-state index in [0.29, 0.717) is 40.0 Å². The molecule has 0 atom stereocenters. The van der Waals surface area contributed by atoms with Crippen molar-refractivity contribution >= 4 is 43.0 Å². The highest BCUT2D eigenvalue weighted by molar-refractivity contribution is 14.1. The van der Waals surface area contributed by atoms with Crippen LogP contribution in [0.2, 0.25) is 0 Å². The first-order valence-corrected chi connectivity index (χ1v) is 12.3. The van der Waals surface area contributed by atoms with E-state index in [2.05, 4.69) is 3.63 Å². The molecule has 0 saturated carbocycles. The van der Waals surface area contributed by atoms with Gasteiger partial charge in [0.25, 0.3) is 0 Å². The minimum absolute atomic E-state index is 0.305. The minimum atomic E-state index is -6.42. The lowest BCUT2D eigenvalue weighted by atomic mass is 10.3. The fourth-order valence-corrected chi connectivity index (χ4v) is 7.85. The lowest BCUT2D eigenvalue weighted by Crippen LogP contribution is -2.27. The van der Waals surface area contributed by atoms with Crippen molar-refractivity contribution in [1.29, 1.82) is 0 Å². The molecule has 0 unspecified atom stereocenters. The Bertz CT molecular complexity index is 1170. The van der Waals surface area contributed by atoms with Crippen LogP contribution in [0.3, 0.4) is 0 Å². The smallest absolute Gasteiger partial charge is 0.207 e. The monoisotopic (exact) mass is 610 g/mol. The van der Waals surface area contributed by atoms with Crippen LogP contribution in [0, 0.1) is 26.8 Å². The van der Waals surface area contributed by atoms with E-state index in [1.807, 2.05) is 22.6 Å². The summed E-state index contributed by atoms with van der Waals surface area (Å²) in [6.07, 6.45) is 0. The molecule has 0 bridgehead atoms. The third-order valence-electron chi connectivity index (χ3n) is 3.96. The van der Waals surface area contributed by atoms with Crippen molar-refractivity contribution in [2.45, 2.75) is 20.2 Å². The van der Waals surface area contributed by atoms with E-state index >= 15 is 0 Å². The zero-order valence-corrected chi connectivity index (χ0v) is 19.1. The number of hydrogen-bond acceptors (Lipinski definition) is 3. The van der Waals surface area contributed by atoms with E-state index in [-0.39, 0.29) is 4.90 Å². The molecule has 3 aromatic rings. The Morgan fingerprint density at radius 3 is 1.38 bits per heavy atom. The lowest BCUT2D eigenvalue weighted by molar-refractivity contribution is -0.0496. The molecule has 0 fully saturated rings. The molecule has 0 aromatic heterocycles. The summed E-state index contributed by atoms with van der Waals surface area (Å²) in [6.45, 7) is 0. The molecular weight excluding hydrogens is 600 g/mol. The van der Waals surface area contributed by atoms with E-state index < -0.39 is 59.0 Å². The molecule has 0 spiro atoms. The van der Waals surface area contributed by atoms with Crippen molar-refractivity contribution < 1.29 is 42.8 Å². The predicted molar refractivity (Wildman–Crippen MR) is 110 cm³/mol. The number of rotatable bonds is 5. The molecule has 0 heterocycles. The van der Waals surface area contributed by atoms with Crippen LogP contribution in [0.4, 0.5) is 30.7 Å². The van der Waals surface area contributed by atoms with E-state index in [1.54, 1.807) is 0 Å². The van der Waals surface area contributed by atoms with Gasteiger partial charge >= 0.3 is 15.6 Å². The van der Waals surface area contributed by atoms with Gasteiger partial charge in [-0.15, -0.1) is 0 Å². The van der Waals surface area contributed by atoms with Crippen LogP contribution < -0.4 is 0 Å². The SMILES string of the molecule is O=S(=O)(OS(c1ccc(I)cc1)(c1cc(F)cc(F)c1)c1cc(F)cc(F)c1)C(F)(F)F. The van der Waals surface area contributed by atoms with Gasteiger partial charge in [0, 0.05) is 30.4 Å². The van der Waals surface area contributed by atoms with Crippen molar-refractivity contribution in [3.63, 3.8) is 0 Å². The largest absolute Gasteiger partial charge is 0.524 e. The molecule has 172 valence electrons. The van der Waals surface area contributed by atoms with Gasteiger partial charge in [-0.25, -0.2) is 17.6 Å². The Hall–Kier alpha value is -1.84. The topological polar surface area (TPSA) is 43.4 Å². The van der Waals surface area contributed by atoms with Crippen LogP contribution in [0.1, 0.15) is 0 Å². The molecule has 0 aliphatic rings. The number of hydrogen-bond donors (Lipinski definition) is 0. The molecule has 13 heteroatoms. The highest BCUT2D eigenvalue weighted by atomic mass is 127. The Balaban J connectivity index is 2.51. The Morgan fingerprint density at radius 1 is 0.656 bits per heavy atom. The standard InChI is InChI=1S/C19H10F7IO3S2/c20-11-5-12(21)8-17(7-11)31(16-3-1-15(27)2-4-16,30-32(28,29)19(24,25)26)18-9-13(22)6-14(23)10-18/h1-10H. The molecule has 0 aliphatic heterocycles. The first kappa shape index (κ1) is 24.8. The maximum Gasteiger partial charge on any atom is 0.524 e. The molecule has 0 saturated heterocycles. The van der Waals surface area contributed by atoms with Crippen LogP contribution in [-0.4, -0.2) is 13.9 Å². The molecule has 0 amide bonds. The van der Waals surface area contributed by atoms with Gasteiger partial charge in [0.1, 0.15) is 23.3 Å². The fraction of sp³-hybridized carbons (Fsp3) is 0.0526. The first-order chi connectivity index (χ1) is 14.7. The van der Waals surface area contributed by atoms with Crippen molar-refractivity contribution in [3.05, 3.63) is 87.5 Å². The van der Waals surface area contributed by atoms with Gasteiger partial charge in [0.15, 0.2) is 0 Å². The average molecular weight is 610 g/mol. The second-order valence-electron chi connectivity index (χ2n) is 6.19. The Labute approximate surface area is 193 Å². The van der Waals surface area contributed by atoms with E-state index in [1.165, 1.54) is 12.1 Å². The predicted octanol–water partition coefficient (Wildman–Crippen LogP) is 6.91. The number of halogens is 8. The highest BCUT2D eigenvalue weighted by Crippen LogP contribution is 2.71. The molecular formula is C19H10F7IO3S2. The normalized spacial score (nSPS) is 13.2. The van der Waals surface area contributed by atoms with Gasteiger partial charge in [-0.3, -0.25) is 0 Å². The van der Waals surface area contributed by atoms with Crippen LogP contribution >= 0.6 is 32.9 Å². The molecule has 0 aliphatic carbocycles. The number of alkyl halides is 3. The van der Waals surface area contributed by atoms with E-state index in [0.717, 1.165) is 12.1 Å². The zero-order chi connectivity index (χ0) is 23.9. The summed E-state index contributed by atoms with van der Waals surface area (Å²) in [6, 6.07) is 7.98. The second kappa shape index (κ2) is 8.83. The first-order valence-electron chi connectivity index (χ1n) is 8.28. The maximum atomic E-state index is 14.1. The average Bonchev–Trinajstić information content (AvgIpc) is 2.64. The summed E-state index contributed by atoms with van der Waals surface area (Å²) in [5, 5.41) is 0. The maximum absolute atomic E-state index is 14.1. The highest BCUT2D eigenvalue weighted by Gasteiger charge is 2.52. The fourth-order valence-electron chi connectivity index (χ4n) is 2.71. The van der Waals surface area contributed by atoms with Crippen molar-refractivity contribution in [2.75, 3.05) is 0 Å². The molecule has 3 aromatic carbocycles. The minimum Gasteiger partial charge on any atom is -0.207 e. The summed E-state index contributed by atoms with van der Waals surface area (Å²) in [5.41, 5.74) is -5.94. The number of benzene rings is 3. The van der Waals surface area contributed by atoms with Gasteiger partial charge in [-0.2, -0.15) is 25.2 Å². The van der Waals surface area contributed by atoms with Gasteiger partial charge < -0.3 is 0 Å². The third kappa shape index (κ3) is 4.89. The van der Waals surface area contributed by atoms with Crippen molar-refractivity contribution in [3.8, 4) is 0 Å². The van der Waals surface area contributed by atoms with E-state index in [4.69, 9.17) is 0 Å². The van der Waals surface area contributed by atoms with Crippen LogP contribution in [0.25, 0.3) is 0 Å². The van der Waals surface area contributed by atoms with Gasteiger partial charge in [-0.05, 0) is 81.4 Å². The quantitative estimate of drug-likeness (QED) is 0.179. The van der Waals surface area contributed by atoms with Crippen LogP contribution in [0.15, 0.2) is 75.4 Å². The molecule has 32 heavy (non-hydrogen) atoms. The summed E-state index contributed by atoms with van der Waals surface area (Å²) >= 11 is 1.85.